The van der Waals surface area contributed by atoms with Crippen molar-refractivity contribution in [2.24, 2.45) is 4.99 Å². The molecule has 0 fully saturated rings. The summed E-state index contributed by atoms with van der Waals surface area (Å²) in [4.78, 5) is 15.7. The first-order valence-electron chi connectivity index (χ1n) is 6.91. The molecule has 1 aromatic rings. The highest BCUT2D eigenvalue weighted by atomic mass is 79.9. The molecule has 0 radical (unpaired) electrons. The number of aliphatic imine (C=N–C) groups is 1. The molecule has 0 aliphatic carbocycles. The molecule has 0 spiro atoms. The van der Waals surface area contributed by atoms with Crippen molar-refractivity contribution in [1.29, 1.82) is 0 Å². The molecule has 0 saturated carbocycles. The molecular weight excluding hydrogens is 420 g/mol. The smallest absolute Gasteiger partial charge is 0.416 e. The van der Waals surface area contributed by atoms with Crippen molar-refractivity contribution in [2.45, 2.75) is 31.7 Å². The van der Waals surface area contributed by atoms with E-state index in [1.807, 2.05) is 0 Å². The fourth-order valence-electron chi connectivity index (χ4n) is 1.70. The SMILES string of the molecule is CCOC(=O)C(C)(CBr)N=Cc1cc(C(F)(F)F)cc(C(F)(F)F)c1. The predicted molar refractivity (Wildman–Crippen MR) is 82.9 cm³/mol. The number of nitrogens with zero attached hydrogens (tertiary/aromatic N) is 1. The second kappa shape index (κ2) is 7.76. The maximum Gasteiger partial charge on any atom is 0.416 e. The van der Waals surface area contributed by atoms with Gasteiger partial charge in [-0.1, -0.05) is 15.9 Å². The first-order valence-corrected chi connectivity index (χ1v) is 8.03. The zero-order valence-electron chi connectivity index (χ0n) is 13.1. The Morgan fingerprint density at radius 2 is 1.60 bits per heavy atom. The average Bonchev–Trinajstić information content (AvgIpc) is 2.50. The maximum absolute atomic E-state index is 12.8. The quantitative estimate of drug-likeness (QED) is 0.288. The van der Waals surface area contributed by atoms with Gasteiger partial charge in [0.25, 0.3) is 0 Å². The van der Waals surface area contributed by atoms with Gasteiger partial charge in [0.05, 0.1) is 17.7 Å². The minimum absolute atomic E-state index is 0.0202. The Labute approximate surface area is 148 Å². The second-order valence-corrected chi connectivity index (χ2v) is 5.79. The molecule has 0 heterocycles. The number of rotatable bonds is 5. The van der Waals surface area contributed by atoms with Crippen molar-refractivity contribution in [1.82, 2.24) is 0 Å². The van der Waals surface area contributed by atoms with Crippen LogP contribution < -0.4 is 0 Å². The molecule has 0 aromatic heterocycles. The van der Waals surface area contributed by atoms with E-state index in [9.17, 15) is 31.1 Å². The molecule has 1 unspecified atom stereocenters. The lowest BCUT2D eigenvalue weighted by atomic mass is 10.0. The Hall–Kier alpha value is -1.58. The van der Waals surface area contributed by atoms with Crippen molar-refractivity contribution < 1.29 is 35.9 Å². The second-order valence-electron chi connectivity index (χ2n) is 5.23. The number of hydrogen-bond acceptors (Lipinski definition) is 3. The van der Waals surface area contributed by atoms with Crippen molar-refractivity contribution in [3.05, 3.63) is 34.9 Å². The molecule has 1 atom stereocenters. The van der Waals surface area contributed by atoms with E-state index < -0.39 is 40.6 Å². The number of alkyl halides is 7. The fourth-order valence-corrected chi connectivity index (χ4v) is 2.07. The summed E-state index contributed by atoms with van der Waals surface area (Å²) in [6, 6.07) is 1.07. The normalized spacial score (nSPS) is 15.2. The molecule has 25 heavy (non-hydrogen) atoms. The summed E-state index contributed by atoms with van der Waals surface area (Å²) in [6.45, 7) is 2.95. The van der Waals surface area contributed by atoms with Crippen LogP contribution in [-0.2, 0) is 21.9 Å². The van der Waals surface area contributed by atoms with Gasteiger partial charge in [-0.25, -0.2) is 4.79 Å². The van der Waals surface area contributed by atoms with E-state index in [1.165, 1.54) is 6.92 Å². The van der Waals surface area contributed by atoms with E-state index in [-0.39, 0.29) is 18.0 Å². The summed E-state index contributed by atoms with van der Waals surface area (Å²) in [7, 11) is 0. The van der Waals surface area contributed by atoms with Crippen molar-refractivity contribution in [3.8, 4) is 0 Å². The minimum Gasteiger partial charge on any atom is -0.464 e. The molecule has 0 bridgehead atoms. The molecule has 0 N–H and O–H groups in total. The Balaban J connectivity index is 3.34. The van der Waals surface area contributed by atoms with Crippen LogP contribution >= 0.6 is 15.9 Å². The standard InChI is InChI=1S/C15H14BrF6NO2/c1-3-25-12(24)13(2,8-16)23-7-9-4-10(14(17,18)19)6-11(5-9)15(20,21)22/h4-7H,3,8H2,1-2H3. The van der Waals surface area contributed by atoms with Crippen LogP contribution in [-0.4, -0.2) is 29.7 Å². The van der Waals surface area contributed by atoms with Gasteiger partial charge in [0.2, 0.25) is 0 Å². The van der Waals surface area contributed by atoms with Gasteiger partial charge >= 0.3 is 18.3 Å². The van der Waals surface area contributed by atoms with Gasteiger partial charge in [-0.2, -0.15) is 26.3 Å². The van der Waals surface area contributed by atoms with Gasteiger partial charge < -0.3 is 4.74 Å². The lowest BCUT2D eigenvalue weighted by Gasteiger charge is -2.20. The third-order valence-corrected chi connectivity index (χ3v) is 4.18. The lowest BCUT2D eigenvalue weighted by molar-refractivity contribution is -0.148. The van der Waals surface area contributed by atoms with E-state index >= 15 is 0 Å². The van der Waals surface area contributed by atoms with Crippen LogP contribution in [0.1, 0.15) is 30.5 Å². The molecule has 1 rings (SSSR count). The fraction of sp³-hybridized carbons (Fsp3) is 0.467. The number of halogens is 7. The van der Waals surface area contributed by atoms with Crippen molar-refractivity contribution >= 4 is 28.1 Å². The van der Waals surface area contributed by atoms with Crippen LogP contribution in [0.2, 0.25) is 0 Å². The topological polar surface area (TPSA) is 38.7 Å². The highest BCUT2D eigenvalue weighted by Crippen LogP contribution is 2.36. The monoisotopic (exact) mass is 433 g/mol. The Bertz CT molecular complexity index is 624. The van der Waals surface area contributed by atoms with E-state index in [1.54, 1.807) is 6.92 Å². The van der Waals surface area contributed by atoms with E-state index in [0.29, 0.717) is 12.1 Å². The number of hydrogen-bond donors (Lipinski definition) is 0. The Morgan fingerprint density at radius 3 is 1.96 bits per heavy atom. The first kappa shape index (κ1) is 21.5. The highest BCUT2D eigenvalue weighted by molar-refractivity contribution is 9.09. The van der Waals surface area contributed by atoms with Gasteiger partial charge in [0, 0.05) is 11.5 Å². The third kappa shape index (κ3) is 5.72. The zero-order chi connectivity index (χ0) is 19.5. The summed E-state index contributed by atoms with van der Waals surface area (Å²) >= 11 is 3.03. The van der Waals surface area contributed by atoms with Gasteiger partial charge in [0.1, 0.15) is 0 Å². The van der Waals surface area contributed by atoms with Gasteiger partial charge in [0.15, 0.2) is 5.54 Å². The highest BCUT2D eigenvalue weighted by Gasteiger charge is 2.37. The van der Waals surface area contributed by atoms with Crippen LogP contribution in [0.15, 0.2) is 23.2 Å². The summed E-state index contributed by atoms with van der Waals surface area (Å²) in [5.41, 5.74) is -4.83. The molecule has 140 valence electrons. The van der Waals surface area contributed by atoms with Gasteiger partial charge in [-0.3, -0.25) is 4.99 Å². The zero-order valence-corrected chi connectivity index (χ0v) is 14.7. The average molecular weight is 434 g/mol. The van der Waals surface area contributed by atoms with Gasteiger partial charge in [-0.05, 0) is 37.6 Å². The summed E-state index contributed by atoms with van der Waals surface area (Å²) in [5, 5.41) is -0.0274. The molecule has 0 aliphatic rings. The van der Waals surface area contributed by atoms with E-state index in [0.717, 1.165) is 6.21 Å². The molecule has 10 heteroatoms. The van der Waals surface area contributed by atoms with Crippen molar-refractivity contribution in [3.63, 3.8) is 0 Å². The van der Waals surface area contributed by atoms with Crippen LogP contribution in [0.4, 0.5) is 26.3 Å². The molecular formula is C15H14BrF6NO2. The molecule has 0 aliphatic heterocycles. The molecule has 1 aromatic carbocycles. The number of carbonyl (C=O) groups is 1. The number of ether oxygens (including phenoxy) is 1. The van der Waals surface area contributed by atoms with Crippen LogP contribution in [0.3, 0.4) is 0 Å². The van der Waals surface area contributed by atoms with Gasteiger partial charge in [-0.15, -0.1) is 0 Å². The predicted octanol–water partition coefficient (Wildman–Crippen LogP) is 4.86. The third-order valence-electron chi connectivity index (χ3n) is 3.08. The number of esters is 1. The summed E-state index contributed by atoms with van der Waals surface area (Å²) in [5.74, 6) is -0.758. The number of benzene rings is 1. The van der Waals surface area contributed by atoms with E-state index in [4.69, 9.17) is 4.74 Å². The summed E-state index contributed by atoms with van der Waals surface area (Å²) < 4.78 is 81.7. The van der Waals surface area contributed by atoms with Crippen molar-refractivity contribution in [2.75, 3.05) is 11.9 Å². The molecule has 3 nitrogen and oxygen atoms in total. The minimum atomic E-state index is -4.95. The number of carbonyl (C=O) groups excluding carboxylic acids is 1. The van der Waals surface area contributed by atoms with Crippen LogP contribution in [0, 0.1) is 0 Å². The summed E-state index contributed by atoms with van der Waals surface area (Å²) in [6.07, 6.45) is -9.11. The van der Waals surface area contributed by atoms with E-state index in [2.05, 4.69) is 20.9 Å². The maximum atomic E-state index is 12.8. The Kier molecular flexibility index (Phi) is 6.66. The molecule has 0 amide bonds. The molecule has 0 saturated heterocycles. The Morgan fingerprint density at radius 1 is 1.12 bits per heavy atom. The van der Waals surface area contributed by atoms with Crippen LogP contribution in [0.5, 0.6) is 0 Å². The largest absolute Gasteiger partial charge is 0.464 e. The van der Waals surface area contributed by atoms with Crippen LogP contribution in [0.25, 0.3) is 0 Å². The first-order chi connectivity index (χ1) is 11.3. The lowest BCUT2D eigenvalue weighted by Crippen LogP contribution is -2.37.